The molecule has 0 fully saturated rings. The van der Waals surface area contributed by atoms with Gasteiger partial charge in [-0.2, -0.15) is 13.2 Å². The Labute approximate surface area is 219 Å². The van der Waals surface area contributed by atoms with Gasteiger partial charge in [0.2, 0.25) is 0 Å². The highest BCUT2D eigenvalue weighted by Gasteiger charge is 2.33. The van der Waals surface area contributed by atoms with Crippen molar-refractivity contribution in [3.05, 3.63) is 101 Å². The van der Waals surface area contributed by atoms with Crippen molar-refractivity contribution in [3.8, 4) is 0 Å². The van der Waals surface area contributed by atoms with Gasteiger partial charge in [0.25, 0.3) is 11.8 Å². The number of halogens is 4. The van der Waals surface area contributed by atoms with Gasteiger partial charge in [-0.05, 0) is 48.0 Å². The third kappa shape index (κ3) is 6.51. The molecule has 2 amide bonds. The smallest absolute Gasteiger partial charge is 0.418 e. The summed E-state index contributed by atoms with van der Waals surface area (Å²) >= 11 is 5.88. The topological polar surface area (TPSA) is 100 Å². The van der Waals surface area contributed by atoms with Crippen LogP contribution >= 0.6 is 11.6 Å². The van der Waals surface area contributed by atoms with Crippen LogP contribution in [0.1, 0.15) is 21.5 Å². The van der Waals surface area contributed by atoms with E-state index in [2.05, 4.69) is 15.6 Å². The molecule has 38 heavy (non-hydrogen) atoms. The Hall–Kier alpha value is -4.31. The fourth-order valence-corrected chi connectivity index (χ4v) is 3.95. The van der Waals surface area contributed by atoms with E-state index in [1.807, 2.05) is 24.3 Å². The van der Waals surface area contributed by atoms with Crippen LogP contribution in [-0.2, 0) is 26.9 Å². The molecule has 0 aliphatic heterocycles. The number of carbonyl (C=O) groups is 3. The van der Waals surface area contributed by atoms with Gasteiger partial charge >= 0.3 is 12.1 Å². The van der Waals surface area contributed by atoms with Crippen molar-refractivity contribution in [3.63, 3.8) is 0 Å². The van der Waals surface area contributed by atoms with Crippen LogP contribution in [0, 0.1) is 0 Å². The summed E-state index contributed by atoms with van der Waals surface area (Å²) in [5.74, 6) is -2.48. The number of fused-ring (bicyclic) bond motifs is 1. The first-order valence-corrected chi connectivity index (χ1v) is 11.7. The number of para-hydroxylation sites is 2. The molecule has 3 N–H and O–H groups in total. The van der Waals surface area contributed by atoms with Crippen LogP contribution in [0.2, 0.25) is 5.02 Å². The van der Waals surface area contributed by atoms with Gasteiger partial charge in [-0.3, -0.25) is 9.59 Å². The number of esters is 1. The molecule has 0 bridgehead atoms. The van der Waals surface area contributed by atoms with Gasteiger partial charge in [0.1, 0.15) is 6.04 Å². The molecule has 7 nitrogen and oxygen atoms in total. The highest BCUT2D eigenvalue weighted by Crippen LogP contribution is 2.34. The molecule has 0 radical (unpaired) electrons. The van der Waals surface area contributed by atoms with Gasteiger partial charge in [-0.1, -0.05) is 41.9 Å². The van der Waals surface area contributed by atoms with Crippen LogP contribution in [-0.4, -0.2) is 35.4 Å². The SMILES string of the molecule is O=C(COC(=O)C(Cc1c[nH]c2ccccc12)NC(=O)c1ccc(Cl)cc1)Nc1ccccc1C(F)(F)F. The number of carbonyl (C=O) groups excluding carboxylic acids is 3. The van der Waals surface area contributed by atoms with E-state index in [1.165, 1.54) is 36.4 Å². The highest BCUT2D eigenvalue weighted by atomic mass is 35.5. The average molecular weight is 544 g/mol. The van der Waals surface area contributed by atoms with E-state index in [0.717, 1.165) is 23.0 Å². The molecule has 1 atom stereocenters. The zero-order valence-electron chi connectivity index (χ0n) is 19.6. The molecular formula is C27H21ClF3N3O4. The summed E-state index contributed by atoms with van der Waals surface area (Å²) in [4.78, 5) is 41.2. The van der Waals surface area contributed by atoms with Gasteiger partial charge in [0, 0.05) is 34.1 Å². The van der Waals surface area contributed by atoms with Crippen molar-refractivity contribution in [2.24, 2.45) is 0 Å². The highest BCUT2D eigenvalue weighted by molar-refractivity contribution is 6.30. The number of aromatic nitrogens is 1. The van der Waals surface area contributed by atoms with Crippen LogP contribution in [0.5, 0.6) is 0 Å². The van der Waals surface area contributed by atoms with Crippen LogP contribution in [0.3, 0.4) is 0 Å². The number of H-pyrrole nitrogens is 1. The number of rotatable bonds is 8. The molecule has 4 aromatic rings. The number of anilines is 1. The van der Waals surface area contributed by atoms with Gasteiger partial charge in [0.05, 0.1) is 11.3 Å². The molecule has 1 aromatic heterocycles. The Morgan fingerprint density at radius 2 is 1.63 bits per heavy atom. The van der Waals surface area contributed by atoms with Gasteiger partial charge < -0.3 is 20.4 Å². The van der Waals surface area contributed by atoms with Crippen LogP contribution < -0.4 is 10.6 Å². The predicted octanol–water partition coefficient (Wildman–Crippen LogP) is 5.36. The Morgan fingerprint density at radius 1 is 0.947 bits per heavy atom. The quantitative estimate of drug-likeness (QED) is 0.260. The molecule has 0 aliphatic rings. The minimum atomic E-state index is -4.68. The second-order valence-corrected chi connectivity index (χ2v) is 8.73. The number of hydrogen-bond donors (Lipinski definition) is 3. The summed E-state index contributed by atoms with van der Waals surface area (Å²) in [5, 5.41) is 5.97. The Bertz CT molecular complexity index is 1470. The molecule has 196 valence electrons. The van der Waals surface area contributed by atoms with E-state index in [0.29, 0.717) is 10.6 Å². The lowest BCUT2D eigenvalue weighted by molar-refractivity contribution is -0.149. The van der Waals surface area contributed by atoms with Crippen molar-refractivity contribution >= 4 is 46.0 Å². The molecule has 0 saturated heterocycles. The van der Waals surface area contributed by atoms with Crippen LogP contribution in [0.25, 0.3) is 10.9 Å². The first kappa shape index (κ1) is 26.7. The minimum absolute atomic E-state index is 0.0285. The predicted molar refractivity (Wildman–Crippen MR) is 136 cm³/mol. The average Bonchev–Trinajstić information content (AvgIpc) is 3.29. The summed E-state index contributed by atoms with van der Waals surface area (Å²) < 4.78 is 44.7. The van der Waals surface area contributed by atoms with Crippen molar-refractivity contribution in [2.75, 3.05) is 11.9 Å². The summed E-state index contributed by atoms with van der Waals surface area (Å²) in [6.07, 6.45) is -2.96. The van der Waals surface area contributed by atoms with E-state index in [4.69, 9.17) is 16.3 Å². The molecule has 11 heteroatoms. The Balaban J connectivity index is 1.48. The van der Waals surface area contributed by atoms with E-state index < -0.39 is 47.9 Å². The third-order valence-electron chi connectivity index (χ3n) is 5.65. The number of ether oxygens (including phenoxy) is 1. The summed E-state index contributed by atoms with van der Waals surface area (Å²) in [6.45, 7) is -0.855. The fourth-order valence-electron chi connectivity index (χ4n) is 3.82. The fraction of sp³-hybridized carbons (Fsp3) is 0.148. The molecule has 0 spiro atoms. The lowest BCUT2D eigenvalue weighted by Crippen LogP contribution is -2.44. The molecular weight excluding hydrogens is 523 g/mol. The third-order valence-corrected chi connectivity index (χ3v) is 5.90. The molecule has 3 aromatic carbocycles. The van der Waals surface area contributed by atoms with E-state index in [1.54, 1.807) is 6.20 Å². The Kier molecular flexibility index (Phi) is 8.02. The van der Waals surface area contributed by atoms with Crippen molar-refractivity contribution in [2.45, 2.75) is 18.6 Å². The zero-order valence-corrected chi connectivity index (χ0v) is 20.4. The lowest BCUT2D eigenvalue weighted by Gasteiger charge is -2.18. The normalized spacial score (nSPS) is 12.1. The van der Waals surface area contributed by atoms with Crippen molar-refractivity contribution in [1.82, 2.24) is 10.3 Å². The minimum Gasteiger partial charge on any atom is -0.454 e. The van der Waals surface area contributed by atoms with E-state index in [9.17, 15) is 27.6 Å². The molecule has 1 heterocycles. The number of nitrogens with one attached hydrogen (secondary N) is 3. The zero-order chi connectivity index (χ0) is 27.3. The second kappa shape index (κ2) is 11.4. The van der Waals surface area contributed by atoms with Crippen LogP contribution in [0.4, 0.5) is 18.9 Å². The van der Waals surface area contributed by atoms with Gasteiger partial charge in [-0.25, -0.2) is 4.79 Å². The van der Waals surface area contributed by atoms with Gasteiger partial charge in [0.15, 0.2) is 6.61 Å². The number of hydrogen-bond acceptors (Lipinski definition) is 4. The maximum atomic E-state index is 13.2. The summed E-state index contributed by atoms with van der Waals surface area (Å²) in [7, 11) is 0. The summed E-state index contributed by atoms with van der Waals surface area (Å²) in [6, 6.07) is 16.6. The monoisotopic (exact) mass is 543 g/mol. The lowest BCUT2D eigenvalue weighted by atomic mass is 10.0. The molecule has 0 saturated carbocycles. The van der Waals surface area contributed by atoms with Gasteiger partial charge in [-0.15, -0.1) is 0 Å². The van der Waals surface area contributed by atoms with Crippen LogP contribution in [0.15, 0.2) is 79.0 Å². The van der Waals surface area contributed by atoms with E-state index >= 15 is 0 Å². The molecule has 1 unspecified atom stereocenters. The first-order valence-electron chi connectivity index (χ1n) is 11.4. The van der Waals surface area contributed by atoms with Crippen molar-refractivity contribution < 1.29 is 32.3 Å². The van der Waals surface area contributed by atoms with E-state index in [-0.39, 0.29) is 12.0 Å². The second-order valence-electron chi connectivity index (χ2n) is 8.30. The maximum absolute atomic E-state index is 13.2. The number of amides is 2. The summed E-state index contributed by atoms with van der Waals surface area (Å²) in [5.41, 5.74) is 0.274. The Morgan fingerprint density at radius 3 is 2.37 bits per heavy atom. The largest absolute Gasteiger partial charge is 0.454 e. The molecule has 4 rings (SSSR count). The number of aromatic amines is 1. The number of alkyl halides is 3. The number of benzene rings is 3. The molecule has 0 aliphatic carbocycles. The standard InChI is InChI=1S/C27H21ClF3N3O4/c28-18-11-9-16(10-12-18)25(36)34-23(13-17-14-32-21-7-3-1-5-19(17)21)26(37)38-15-24(35)33-22-8-4-2-6-20(22)27(29,30)31/h1-12,14,23,32H,13,15H2,(H,33,35)(H,34,36). The first-order chi connectivity index (χ1) is 18.1. The maximum Gasteiger partial charge on any atom is 0.418 e. The van der Waals surface area contributed by atoms with Crippen molar-refractivity contribution in [1.29, 1.82) is 0 Å².